The molecule has 1 saturated carbocycles. The highest BCUT2D eigenvalue weighted by Gasteiger charge is 2.49. The van der Waals surface area contributed by atoms with Crippen LogP contribution < -0.4 is 4.90 Å². The predicted molar refractivity (Wildman–Crippen MR) is 85.3 cm³/mol. The quantitative estimate of drug-likeness (QED) is 0.591. The molecule has 1 aromatic rings. The van der Waals surface area contributed by atoms with Crippen LogP contribution in [-0.2, 0) is 15.7 Å². The van der Waals surface area contributed by atoms with Crippen LogP contribution in [0.5, 0.6) is 0 Å². The molecule has 0 unspecified atom stereocenters. The van der Waals surface area contributed by atoms with Crippen molar-refractivity contribution in [1.29, 1.82) is 0 Å². The number of ether oxygens (including phenoxy) is 1. The van der Waals surface area contributed by atoms with E-state index in [1.165, 1.54) is 0 Å². The van der Waals surface area contributed by atoms with E-state index >= 15 is 0 Å². The highest BCUT2D eigenvalue weighted by molar-refractivity contribution is 6.28. The highest BCUT2D eigenvalue weighted by Crippen LogP contribution is 2.53. The Balaban J connectivity index is 1.63. The first-order valence-electron chi connectivity index (χ1n) is 8.23. The molecule has 5 nitrogen and oxygen atoms in total. The zero-order valence-electron chi connectivity index (χ0n) is 13.8. The first-order chi connectivity index (χ1) is 11.7. The number of carbonyl (C=O) groups is 1. The van der Waals surface area contributed by atoms with Gasteiger partial charge in [0.05, 0.1) is 6.61 Å². The predicted octanol–water partition coefficient (Wildman–Crippen LogP) is 3.71. The van der Waals surface area contributed by atoms with Crippen molar-refractivity contribution in [2.24, 2.45) is 11.3 Å². The highest BCUT2D eigenvalue weighted by atomic mass is 35.5. The molecule has 25 heavy (non-hydrogen) atoms. The molecule has 1 spiro atoms. The fourth-order valence-electron chi connectivity index (χ4n) is 3.94. The summed E-state index contributed by atoms with van der Waals surface area (Å²) in [5.41, 5.74) is -0.982. The minimum atomic E-state index is -4.56. The normalized spacial score (nSPS) is 26.0. The fourth-order valence-corrected chi connectivity index (χ4v) is 4.12. The lowest BCUT2D eigenvalue weighted by atomic mass is 9.60. The summed E-state index contributed by atoms with van der Waals surface area (Å²) in [5.74, 6) is 0.311. The van der Waals surface area contributed by atoms with Crippen molar-refractivity contribution >= 4 is 23.4 Å². The molecule has 3 rings (SSSR count). The summed E-state index contributed by atoms with van der Waals surface area (Å²) in [6.45, 7) is 3.39. The molecule has 138 valence electrons. The van der Waals surface area contributed by atoms with Gasteiger partial charge in [0.25, 0.3) is 0 Å². The van der Waals surface area contributed by atoms with Crippen molar-refractivity contribution in [2.45, 2.75) is 38.8 Å². The lowest BCUT2D eigenvalue weighted by Crippen LogP contribution is -2.40. The molecule has 0 radical (unpaired) electrons. The summed E-state index contributed by atoms with van der Waals surface area (Å²) in [6, 6.07) is 0.944. The Morgan fingerprint density at radius 1 is 1.44 bits per heavy atom. The van der Waals surface area contributed by atoms with Gasteiger partial charge in [-0.1, -0.05) is 0 Å². The molecular weight excluding hydrogens is 359 g/mol. The minimum absolute atomic E-state index is 0.0486. The Labute approximate surface area is 148 Å². The second-order valence-corrected chi connectivity index (χ2v) is 7.17. The Morgan fingerprint density at radius 3 is 2.80 bits per heavy atom. The Kier molecular flexibility index (Phi) is 4.83. The van der Waals surface area contributed by atoms with Crippen molar-refractivity contribution < 1.29 is 22.7 Å². The van der Waals surface area contributed by atoms with Crippen LogP contribution in [0.3, 0.4) is 0 Å². The van der Waals surface area contributed by atoms with Gasteiger partial charge in [0.2, 0.25) is 5.28 Å². The van der Waals surface area contributed by atoms with E-state index in [9.17, 15) is 18.0 Å². The van der Waals surface area contributed by atoms with E-state index < -0.39 is 17.2 Å². The van der Waals surface area contributed by atoms with Crippen LogP contribution in [0.4, 0.5) is 19.0 Å². The SMILES string of the molecule is CCOC(=O)CC1CC2(CCN(c3cc(C(F)(F)F)nc(Cl)n3)C2)C1. The van der Waals surface area contributed by atoms with E-state index in [4.69, 9.17) is 16.3 Å². The number of nitrogens with zero attached hydrogens (tertiary/aromatic N) is 3. The van der Waals surface area contributed by atoms with Gasteiger partial charge in [0.15, 0.2) is 5.69 Å². The molecular formula is C16H19ClF3N3O2. The minimum Gasteiger partial charge on any atom is -0.466 e. The molecule has 0 amide bonds. The standard InChI is InChI=1S/C16H19ClF3N3O2/c1-2-25-13(24)5-10-7-15(8-10)3-4-23(9-15)12-6-11(16(18,19)20)21-14(17)22-12/h6,10H,2-5,7-9H2,1H3. The molecule has 0 N–H and O–H groups in total. The third-order valence-electron chi connectivity index (χ3n) is 4.94. The maximum absolute atomic E-state index is 12.9. The van der Waals surface area contributed by atoms with Gasteiger partial charge in [0.1, 0.15) is 5.82 Å². The molecule has 1 aliphatic heterocycles. The van der Waals surface area contributed by atoms with E-state index in [-0.39, 0.29) is 17.2 Å². The van der Waals surface area contributed by atoms with Crippen LogP contribution in [0.2, 0.25) is 5.28 Å². The summed E-state index contributed by atoms with van der Waals surface area (Å²) in [7, 11) is 0. The monoisotopic (exact) mass is 377 g/mol. The smallest absolute Gasteiger partial charge is 0.433 e. The van der Waals surface area contributed by atoms with Gasteiger partial charge in [-0.25, -0.2) is 9.97 Å². The fraction of sp³-hybridized carbons (Fsp3) is 0.688. The van der Waals surface area contributed by atoms with E-state index in [0.29, 0.717) is 32.0 Å². The molecule has 2 aliphatic rings. The Hall–Kier alpha value is -1.57. The molecule has 0 bridgehead atoms. The van der Waals surface area contributed by atoms with Gasteiger partial charge in [-0.05, 0) is 49.1 Å². The van der Waals surface area contributed by atoms with Crippen molar-refractivity contribution in [3.05, 3.63) is 17.0 Å². The number of esters is 1. The molecule has 1 aliphatic carbocycles. The first-order valence-corrected chi connectivity index (χ1v) is 8.61. The van der Waals surface area contributed by atoms with Crippen molar-refractivity contribution in [3.63, 3.8) is 0 Å². The summed E-state index contributed by atoms with van der Waals surface area (Å²) in [4.78, 5) is 20.6. The van der Waals surface area contributed by atoms with Crippen LogP contribution in [0.15, 0.2) is 6.07 Å². The van der Waals surface area contributed by atoms with E-state index in [1.54, 1.807) is 6.92 Å². The third-order valence-corrected chi connectivity index (χ3v) is 5.11. The molecule has 2 heterocycles. The summed E-state index contributed by atoms with van der Waals surface area (Å²) < 4.78 is 43.6. The number of alkyl halides is 3. The lowest BCUT2D eigenvalue weighted by molar-refractivity contribution is -0.146. The number of hydrogen-bond donors (Lipinski definition) is 0. The second kappa shape index (κ2) is 6.63. The molecule has 0 atom stereocenters. The van der Waals surface area contributed by atoms with Crippen molar-refractivity contribution in [1.82, 2.24) is 9.97 Å². The van der Waals surface area contributed by atoms with Crippen molar-refractivity contribution in [3.8, 4) is 0 Å². The summed E-state index contributed by atoms with van der Waals surface area (Å²) >= 11 is 5.66. The van der Waals surface area contributed by atoms with E-state index in [1.807, 2.05) is 4.90 Å². The zero-order valence-corrected chi connectivity index (χ0v) is 14.5. The third kappa shape index (κ3) is 3.99. The summed E-state index contributed by atoms with van der Waals surface area (Å²) in [5, 5.41) is -0.403. The van der Waals surface area contributed by atoms with E-state index in [0.717, 1.165) is 25.3 Å². The number of aromatic nitrogens is 2. The second-order valence-electron chi connectivity index (χ2n) is 6.83. The molecule has 9 heteroatoms. The number of anilines is 1. The average molecular weight is 378 g/mol. The van der Waals surface area contributed by atoms with Gasteiger partial charge in [-0.2, -0.15) is 13.2 Å². The lowest BCUT2D eigenvalue weighted by Gasteiger charge is -2.45. The van der Waals surface area contributed by atoms with Gasteiger partial charge in [-0.3, -0.25) is 4.79 Å². The molecule has 0 aromatic carbocycles. The Bertz CT molecular complexity index is 663. The molecule has 2 fully saturated rings. The number of carbonyl (C=O) groups excluding carboxylic acids is 1. The zero-order chi connectivity index (χ0) is 18.2. The topological polar surface area (TPSA) is 55.3 Å². The number of hydrogen-bond acceptors (Lipinski definition) is 5. The summed E-state index contributed by atoms with van der Waals surface area (Å²) in [6.07, 6.45) is -1.51. The van der Waals surface area contributed by atoms with Crippen LogP contribution >= 0.6 is 11.6 Å². The first kappa shape index (κ1) is 18.2. The molecule has 1 saturated heterocycles. The van der Waals surface area contributed by atoms with Crippen LogP contribution in [0.1, 0.15) is 38.3 Å². The number of halogens is 4. The van der Waals surface area contributed by atoms with E-state index in [2.05, 4.69) is 9.97 Å². The van der Waals surface area contributed by atoms with Gasteiger partial charge >= 0.3 is 12.1 Å². The maximum Gasteiger partial charge on any atom is 0.433 e. The van der Waals surface area contributed by atoms with Gasteiger partial charge in [-0.15, -0.1) is 0 Å². The van der Waals surface area contributed by atoms with Crippen LogP contribution in [0.25, 0.3) is 0 Å². The maximum atomic E-state index is 12.9. The van der Waals surface area contributed by atoms with Gasteiger partial charge in [0, 0.05) is 25.6 Å². The largest absolute Gasteiger partial charge is 0.466 e. The average Bonchev–Trinajstić information content (AvgIpc) is 2.91. The number of rotatable bonds is 4. The van der Waals surface area contributed by atoms with Crippen LogP contribution in [0, 0.1) is 11.3 Å². The van der Waals surface area contributed by atoms with Crippen LogP contribution in [-0.4, -0.2) is 35.6 Å². The van der Waals surface area contributed by atoms with Gasteiger partial charge < -0.3 is 9.64 Å². The van der Waals surface area contributed by atoms with Crippen molar-refractivity contribution in [2.75, 3.05) is 24.6 Å². The molecule has 1 aromatic heterocycles. The Morgan fingerprint density at radius 2 is 2.16 bits per heavy atom.